The van der Waals surface area contributed by atoms with Gasteiger partial charge in [-0.3, -0.25) is 0 Å². The van der Waals surface area contributed by atoms with Crippen LogP contribution in [0, 0.1) is 6.92 Å². The number of aromatic amines is 1. The molecule has 2 rings (SSSR count). The van der Waals surface area contributed by atoms with Crippen LogP contribution in [0.25, 0.3) is 11.3 Å². The fourth-order valence-electron chi connectivity index (χ4n) is 1.67. The van der Waals surface area contributed by atoms with E-state index in [0.717, 1.165) is 22.7 Å². The lowest BCUT2D eigenvalue weighted by atomic mass is 10.1. The number of rotatable bonds is 3. The Morgan fingerprint density at radius 1 is 1.24 bits per heavy atom. The normalized spacial score (nSPS) is 10.9. The number of benzene rings is 1. The maximum Gasteiger partial charge on any atom is 0.200 e. The van der Waals surface area contributed by atoms with Crippen molar-refractivity contribution in [1.82, 2.24) is 9.97 Å². The van der Waals surface area contributed by atoms with Crippen LogP contribution in [0.4, 0.5) is 0 Å². The molecule has 0 unspecified atom stereocenters. The molecule has 1 N–H and O–H groups in total. The highest BCUT2D eigenvalue weighted by atomic mass is 35.5. The Bertz CT molecular complexity index is 503. The van der Waals surface area contributed by atoms with Crippen LogP contribution < -0.4 is 4.74 Å². The van der Waals surface area contributed by atoms with E-state index in [1.54, 1.807) is 0 Å². The highest BCUT2D eigenvalue weighted by Crippen LogP contribution is 2.25. The number of nitrogens with one attached hydrogen (secondary N) is 1. The molecule has 1 aromatic carbocycles. The fourth-order valence-corrected chi connectivity index (χ4v) is 1.89. The average Bonchev–Trinajstić information content (AvgIpc) is 2.58. The Balaban J connectivity index is 2.26. The van der Waals surface area contributed by atoms with Gasteiger partial charge in [0.2, 0.25) is 5.28 Å². The minimum atomic E-state index is 0.183. The molecule has 2 aromatic rings. The standard InChI is InChI=1S/C13H15ClN2O/c1-8(2)17-11-6-4-10(5-7-11)12-9(3)15-13(14)16-12/h4-8H,1-3H3,(H,15,16). The van der Waals surface area contributed by atoms with E-state index in [0.29, 0.717) is 5.28 Å². The molecule has 0 atom stereocenters. The zero-order valence-corrected chi connectivity index (χ0v) is 10.9. The van der Waals surface area contributed by atoms with Crippen LogP contribution in [0.3, 0.4) is 0 Å². The van der Waals surface area contributed by atoms with Gasteiger partial charge in [-0.2, -0.15) is 0 Å². The van der Waals surface area contributed by atoms with Crippen LogP contribution >= 0.6 is 11.6 Å². The topological polar surface area (TPSA) is 37.9 Å². The van der Waals surface area contributed by atoms with Gasteiger partial charge in [0, 0.05) is 11.3 Å². The molecule has 0 spiro atoms. The van der Waals surface area contributed by atoms with Crippen molar-refractivity contribution >= 4 is 11.6 Å². The first kappa shape index (κ1) is 12.0. The van der Waals surface area contributed by atoms with Crippen molar-refractivity contribution in [2.75, 3.05) is 0 Å². The minimum absolute atomic E-state index is 0.183. The summed E-state index contributed by atoms with van der Waals surface area (Å²) in [6.07, 6.45) is 0.183. The summed E-state index contributed by atoms with van der Waals surface area (Å²) < 4.78 is 5.59. The molecule has 1 heterocycles. The van der Waals surface area contributed by atoms with Gasteiger partial charge in [0.05, 0.1) is 11.8 Å². The number of halogens is 1. The van der Waals surface area contributed by atoms with E-state index >= 15 is 0 Å². The van der Waals surface area contributed by atoms with Crippen molar-refractivity contribution in [2.24, 2.45) is 0 Å². The summed E-state index contributed by atoms with van der Waals surface area (Å²) in [5.74, 6) is 0.864. The molecule has 0 aliphatic heterocycles. The first-order chi connectivity index (χ1) is 8.06. The van der Waals surface area contributed by atoms with Crippen LogP contribution in [0.5, 0.6) is 5.75 Å². The lowest BCUT2D eigenvalue weighted by molar-refractivity contribution is 0.242. The van der Waals surface area contributed by atoms with Crippen LogP contribution in [0.1, 0.15) is 19.5 Å². The summed E-state index contributed by atoms with van der Waals surface area (Å²) in [6, 6.07) is 7.85. The van der Waals surface area contributed by atoms with Crippen LogP contribution in [0.2, 0.25) is 5.28 Å². The Hall–Kier alpha value is -1.48. The fraction of sp³-hybridized carbons (Fsp3) is 0.308. The van der Waals surface area contributed by atoms with Crippen molar-refractivity contribution in [3.63, 3.8) is 0 Å². The molecule has 4 heteroatoms. The van der Waals surface area contributed by atoms with Gasteiger partial charge in [-0.15, -0.1) is 0 Å². The monoisotopic (exact) mass is 250 g/mol. The minimum Gasteiger partial charge on any atom is -0.491 e. The van der Waals surface area contributed by atoms with Crippen LogP contribution in [-0.2, 0) is 0 Å². The smallest absolute Gasteiger partial charge is 0.200 e. The second-order valence-electron chi connectivity index (χ2n) is 4.19. The Kier molecular flexibility index (Phi) is 3.38. The highest BCUT2D eigenvalue weighted by molar-refractivity contribution is 6.28. The SMILES string of the molecule is Cc1[nH]c(Cl)nc1-c1ccc(OC(C)C)cc1. The van der Waals surface area contributed by atoms with Gasteiger partial charge in [-0.1, -0.05) is 0 Å². The van der Waals surface area contributed by atoms with Gasteiger partial charge in [-0.25, -0.2) is 4.98 Å². The van der Waals surface area contributed by atoms with Crippen molar-refractivity contribution in [3.8, 4) is 17.0 Å². The van der Waals surface area contributed by atoms with Crippen LogP contribution in [-0.4, -0.2) is 16.1 Å². The van der Waals surface area contributed by atoms with Gasteiger partial charge < -0.3 is 9.72 Å². The lowest BCUT2D eigenvalue weighted by Crippen LogP contribution is -2.05. The highest BCUT2D eigenvalue weighted by Gasteiger charge is 2.07. The van der Waals surface area contributed by atoms with E-state index in [4.69, 9.17) is 16.3 Å². The first-order valence-electron chi connectivity index (χ1n) is 5.55. The third-order valence-corrected chi connectivity index (χ3v) is 2.53. The van der Waals surface area contributed by atoms with Gasteiger partial charge in [0.25, 0.3) is 0 Å². The number of imidazole rings is 1. The molecule has 3 nitrogen and oxygen atoms in total. The van der Waals surface area contributed by atoms with E-state index in [1.165, 1.54) is 0 Å². The van der Waals surface area contributed by atoms with E-state index < -0.39 is 0 Å². The second-order valence-corrected chi connectivity index (χ2v) is 4.55. The molecule has 0 aliphatic rings. The number of hydrogen-bond donors (Lipinski definition) is 1. The zero-order valence-electron chi connectivity index (χ0n) is 10.1. The summed E-state index contributed by atoms with van der Waals surface area (Å²) in [7, 11) is 0. The molecule has 1 aromatic heterocycles. The largest absolute Gasteiger partial charge is 0.491 e. The number of nitrogens with zero attached hydrogens (tertiary/aromatic N) is 1. The van der Waals surface area contributed by atoms with Crippen LogP contribution in [0.15, 0.2) is 24.3 Å². The van der Waals surface area contributed by atoms with Crippen molar-refractivity contribution in [1.29, 1.82) is 0 Å². The number of H-pyrrole nitrogens is 1. The molecule has 0 radical (unpaired) electrons. The van der Waals surface area contributed by atoms with Crippen molar-refractivity contribution < 1.29 is 4.74 Å². The molecule has 0 saturated heterocycles. The summed E-state index contributed by atoms with van der Waals surface area (Å²) >= 11 is 5.82. The summed E-state index contributed by atoms with van der Waals surface area (Å²) in [5.41, 5.74) is 2.88. The van der Waals surface area contributed by atoms with E-state index in [2.05, 4.69) is 9.97 Å². The summed E-state index contributed by atoms with van der Waals surface area (Å²) in [4.78, 5) is 7.22. The molecule has 0 bridgehead atoms. The predicted molar refractivity (Wildman–Crippen MR) is 69.5 cm³/mol. The number of ether oxygens (including phenoxy) is 1. The number of aryl methyl sites for hydroxylation is 1. The molecule has 90 valence electrons. The molecule has 0 saturated carbocycles. The predicted octanol–water partition coefficient (Wildman–Crippen LogP) is 3.83. The second kappa shape index (κ2) is 4.80. The number of hydrogen-bond acceptors (Lipinski definition) is 2. The van der Waals surface area contributed by atoms with Gasteiger partial charge in [0.15, 0.2) is 0 Å². The molecule has 0 aliphatic carbocycles. The molecular weight excluding hydrogens is 236 g/mol. The summed E-state index contributed by atoms with van der Waals surface area (Å²) in [6.45, 7) is 5.96. The third kappa shape index (κ3) is 2.80. The molecule has 0 fully saturated rings. The van der Waals surface area contributed by atoms with Crippen molar-refractivity contribution in [3.05, 3.63) is 35.2 Å². The van der Waals surface area contributed by atoms with Gasteiger partial charge >= 0.3 is 0 Å². The quantitative estimate of drug-likeness (QED) is 0.899. The lowest BCUT2D eigenvalue weighted by Gasteiger charge is -2.09. The average molecular weight is 251 g/mol. The van der Waals surface area contributed by atoms with Gasteiger partial charge in [-0.05, 0) is 56.6 Å². The Morgan fingerprint density at radius 3 is 2.35 bits per heavy atom. The van der Waals surface area contributed by atoms with E-state index in [-0.39, 0.29) is 6.10 Å². The molecular formula is C13H15ClN2O. The molecule has 17 heavy (non-hydrogen) atoms. The Labute approximate surface area is 106 Å². The maximum absolute atomic E-state index is 5.82. The maximum atomic E-state index is 5.82. The van der Waals surface area contributed by atoms with E-state index in [1.807, 2.05) is 45.0 Å². The van der Waals surface area contributed by atoms with Gasteiger partial charge in [0.1, 0.15) is 5.75 Å². The van der Waals surface area contributed by atoms with E-state index in [9.17, 15) is 0 Å². The van der Waals surface area contributed by atoms with Crippen molar-refractivity contribution in [2.45, 2.75) is 26.9 Å². The molecule has 0 amide bonds. The zero-order chi connectivity index (χ0) is 12.4. The number of aromatic nitrogens is 2. The summed E-state index contributed by atoms with van der Waals surface area (Å²) in [5, 5.41) is 0.417. The third-order valence-electron chi connectivity index (χ3n) is 2.36. The Morgan fingerprint density at radius 2 is 1.88 bits per heavy atom. The first-order valence-corrected chi connectivity index (χ1v) is 5.93.